The number of hydrogen-bond donors (Lipinski definition) is 1. The molecule has 3 nitrogen and oxygen atoms in total. The van der Waals surface area contributed by atoms with Crippen LogP contribution in [0.5, 0.6) is 0 Å². The number of nitrogen functional groups attached to an aromatic ring is 1. The molecule has 4 heteroatoms. The van der Waals surface area contributed by atoms with Crippen molar-refractivity contribution in [3.8, 4) is 11.3 Å². The molecule has 2 aromatic rings. The van der Waals surface area contributed by atoms with Gasteiger partial charge in [0.1, 0.15) is 0 Å². The zero-order chi connectivity index (χ0) is 12.4. The summed E-state index contributed by atoms with van der Waals surface area (Å²) in [7, 11) is 0. The summed E-state index contributed by atoms with van der Waals surface area (Å²) in [6.45, 7) is 6.18. The number of hydrogen-bond acceptors (Lipinski definition) is 3. The van der Waals surface area contributed by atoms with Gasteiger partial charge in [-0.15, -0.1) is 0 Å². The standard InChI is InChI=1S/C13H17N3S/c1-9(2)15-13-16(14)12(10(3)17-13)11-7-5-4-6-8-11/h4-9H,14H2,1-3H3. The van der Waals surface area contributed by atoms with Gasteiger partial charge in [0.15, 0.2) is 0 Å². The van der Waals surface area contributed by atoms with Crippen LogP contribution < -0.4 is 10.6 Å². The van der Waals surface area contributed by atoms with Crippen molar-refractivity contribution in [2.24, 2.45) is 4.99 Å². The Bertz CT molecular complexity index is 564. The Balaban J connectivity index is 2.61. The van der Waals surface area contributed by atoms with E-state index in [4.69, 9.17) is 5.84 Å². The highest BCUT2D eigenvalue weighted by atomic mass is 32.1. The molecule has 0 aliphatic carbocycles. The molecule has 2 rings (SSSR count). The van der Waals surface area contributed by atoms with E-state index in [0.29, 0.717) is 0 Å². The molecule has 0 fully saturated rings. The average molecular weight is 247 g/mol. The molecule has 0 bridgehead atoms. The van der Waals surface area contributed by atoms with E-state index in [1.54, 1.807) is 16.0 Å². The molecule has 0 amide bonds. The van der Waals surface area contributed by atoms with Crippen LogP contribution in [-0.2, 0) is 0 Å². The van der Waals surface area contributed by atoms with Gasteiger partial charge in [-0.25, -0.2) is 4.68 Å². The Kier molecular flexibility index (Phi) is 3.33. The molecule has 0 aliphatic heterocycles. The molecule has 0 atom stereocenters. The van der Waals surface area contributed by atoms with E-state index in [1.165, 1.54) is 4.88 Å². The van der Waals surface area contributed by atoms with Crippen molar-refractivity contribution in [2.75, 3.05) is 5.84 Å². The monoisotopic (exact) mass is 247 g/mol. The summed E-state index contributed by atoms with van der Waals surface area (Å²) in [6, 6.07) is 10.4. The van der Waals surface area contributed by atoms with Gasteiger partial charge in [-0.1, -0.05) is 41.7 Å². The first-order chi connectivity index (χ1) is 8.09. The molecule has 1 aromatic heterocycles. The van der Waals surface area contributed by atoms with Crippen LogP contribution in [0.15, 0.2) is 35.3 Å². The van der Waals surface area contributed by atoms with Gasteiger partial charge >= 0.3 is 0 Å². The topological polar surface area (TPSA) is 43.3 Å². The van der Waals surface area contributed by atoms with Crippen LogP contribution in [0.4, 0.5) is 0 Å². The summed E-state index contributed by atoms with van der Waals surface area (Å²) >= 11 is 1.64. The molecule has 0 aliphatic rings. The molecule has 17 heavy (non-hydrogen) atoms. The zero-order valence-corrected chi connectivity index (χ0v) is 11.2. The predicted octanol–water partition coefficient (Wildman–Crippen LogP) is 2.55. The number of benzene rings is 1. The van der Waals surface area contributed by atoms with Crippen LogP contribution in [0.1, 0.15) is 18.7 Å². The number of aryl methyl sites for hydroxylation is 1. The van der Waals surface area contributed by atoms with E-state index in [2.05, 4.69) is 37.9 Å². The van der Waals surface area contributed by atoms with Crippen molar-refractivity contribution in [1.82, 2.24) is 4.68 Å². The lowest BCUT2D eigenvalue weighted by atomic mass is 10.1. The lowest BCUT2D eigenvalue weighted by Gasteiger charge is -2.04. The largest absolute Gasteiger partial charge is 0.337 e. The molecule has 1 aromatic carbocycles. The van der Waals surface area contributed by atoms with E-state index < -0.39 is 0 Å². The van der Waals surface area contributed by atoms with Gasteiger partial charge in [0.25, 0.3) is 0 Å². The first-order valence-corrected chi connectivity index (χ1v) is 6.48. The van der Waals surface area contributed by atoms with E-state index in [1.807, 2.05) is 18.2 Å². The molecule has 0 saturated heterocycles. The van der Waals surface area contributed by atoms with Gasteiger partial charge in [-0.2, -0.15) is 0 Å². The first-order valence-electron chi connectivity index (χ1n) is 5.66. The Labute approximate surface area is 105 Å². The summed E-state index contributed by atoms with van der Waals surface area (Å²) in [4.78, 5) is 6.59. The van der Waals surface area contributed by atoms with Crippen LogP contribution in [0.2, 0.25) is 0 Å². The molecule has 0 spiro atoms. The van der Waals surface area contributed by atoms with Crippen LogP contribution in [0.25, 0.3) is 11.3 Å². The lowest BCUT2D eigenvalue weighted by molar-refractivity contribution is 0.778. The van der Waals surface area contributed by atoms with E-state index >= 15 is 0 Å². The summed E-state index contributed by atoms with van der Waals surface area (Å²) in [5, 5.41) is 0. The van der Waals surface area contributed by atoms with Crippen molar-refractivity contribution >= 4 is 11.3 Å². The fourth-order valence-corrected chi connectivity index (χ4v) is 2.79. The van der Waals surface area contributed by atoms with Gasteiger partial charge in [-0.05, 0) is 20.8 Å². The fraction of sp³-hybridized carbons (Fsp3) is 0.308. The van der Waals surface area contributed by atoms with Crippen LogP contribution in [-0.4, -0.2) is 10.7 Å². The summed E-state index contributed by atoms with van der Waals surface area (Å²) < 4.78 is 1.69. The second-order valence-electron chi connectivity index (χ2n) is 4.25. The number of aromatic nitrogens is 1. The summed E-state index contributed by atoms with van der Waals surface area (Å²) in [5.41, 5.74) is 2.18. The fourth-order valence-electron chi connectivity index (χ4n) is 1.75. The first kappa shape index (κ1) is 11.9. The highest BCUT2D eigenvalue weighted by Gasteiger charge is 2.10. The normalized spacial score (nSPS) is 12.4. The lowest BCUT2D eigenvalue weighted by Crippen LogP contribution is -2.25. The minimum atomic E-state index is 0.256. The van der Waals surface area contributed by atoms with Crippen LogP contribution in [0.3, 0.4) is 0 Å². The van der Waals surface area contributed by atoms with Crippen molar-refractivity contribution < 1.29 is 0 Å². The van der Waals surface area contributed by atoms with Crippen molar-refractivity contribution in [1.29, 1.82) is 0 Å². The van der Waals surface area contributed by atoms with Gasteiger partial charge in [0.2, 0.25) is 4.80 Å². The quantitative estimate of drug-likeness (QED) is 0.814. The Morgan fingerprint density at radius 2 is 1.88 bits per heavy atom. The minimum absolute atomic E-state index is 0.256. The van der Waals surface area contributed by atoms with Gasteiger partial charge in [0, 0.05) is 16.5 Å². The third kappa shape index (κ3) is 2.42. The van der Waals surface area contributed by atoms with Crippen LogP contribution in [0, 0.1) is 6.92 Å². The van der Waals surface area contributed by atoms with E-state index in [9.17, 15) is 0 Å². The number of nitrogens with zero attached hydrogens (tertiary/aromatic N) is 2. The second kappa shape index (κ2) is 4.75. The zero-order valence-electron chi connectivity index (χ0n) is 10.3. The highest BCUT2D eigenvalue weighted by Crippen LogP contribution is 2.23. The third-order valence-corrected chi connectivity index (χ3v) is 3.42. The number of nitrogens with two attached hydrogens (primary N) is 1. The smallest absolute Gasteiger partial charge is 0.204 e. The van der Waals surface area contributed by atoms with E-state index in [0.717, 1.165) is 16.1 Å². The number of thiazole rings is 1. The molecule has 0 radical (unpaired) electrons. The maximum atomic E-state index is 6.12. The van der Waals surface area contributed by atoms with Crippen molar-refractivity contribution in [3.05, 3.63) is 40.0 Å². The van der Waals surface area contributed by atoms with Gasteiger partial charge < -0.3 is 5.84 Å². The van der Waals surface area contributed by atoms with E-state index in [-0.39, 0.29) is 6.04 Å². The maximum Gasteiger partial charge on any atom is 0.204 e. The Morgan fingerprint density at radius 3 is 2.47 bits per heavy atom. The molecular formula is C13H17N3S. The SMILES string of the molecule is Cc1sc(=NC(C)C)n(N)c1-c1ccccc1. The Morgan fingerprint density at radius 1 is 1.24 bits per heavy atom. The summed E-state index contributed by atoms with van der Waals surface area (Å²) in [5.74, 6) is 6.12. The summed E-state index contributed by atoms with van der Waals surface area (Å²) in [6.07, 6.45) is 0. The number of rotatable bonds is 2. The van der Waals surface area contributed by atoms with Gasteiger partial charge in [0.05, 0.1) is 5.69 Å². The van der Waals surface area contributed by atoms with Crippen molar-refractivity contribution in [2.45, 2.75) is 26.8 Å². The predicted molar refractivity (Wildman–Crippen MR) is 73.3 cm³/mol. The molecule has 0 saturated carbocycles. The van der Waals surface area contributed by atoms with Gasteiger partial charge in [-0.3, -0.25) is 4.99 Å². The third-order valence-electron chi connectivity index (χ3n) is 2.44. The molecule has 1 heterocycles. The van der Waals surface area contributed by atoms with Crippen molar-refractivity contribution in [3.63, 3.8) is 0 Å². The highest BCUT2D eigenvalue weighted by molar-refractivity contribution is 7.09. The Hall–Kier alpha value is -1.55. The average Bonchev–Trinajstić information content (AvgIpc) is 2.54. The minimum Gasteiger partial charge on any atom is -0.337 e. The molecule has 2 N–H and O–H groups in total. The molecule has 0 unspecified atom stereocenters. The molecule has 90 valence electrons. The maximum absolute atomic E-state index is 6.12. The second-order valence-corrected chi connectivity index (χ2v) is 5.43. The van der Waals surface area contributed by atoms with Crippen LogP contribution >= 0.6 is 11.3 Å². The molecular weight excluding hydrogens is 230 g/mol.